The highest BCUT2D eigenvalue weighted by atomic mass is 35.5. The van der Waals surface area contributed by atoms with Crippen LogP contribution in [0.25, 0.3) is 33.7 Å². The van der Waals surface area contributed by atoms with Gasteiger partial charge in [0, 0.05) is 17.4 Å². The summed E-state index contributed by atoms with van der Waals surface area (Å²) >= 11 is 5.71. The average Bonchev–Trinajstić information content (AvgIpc) is 3.64. The largest absolute Gasteiger partial charge is 0.383 e. The molecular formula is C37H31ClF2N12. The Morgan fingerprint density at radius 1 is 0.615 bits per heavy atom. The number of hydrogen-bond donors (Lipinski definition) is 4. The normalized spacial score (nSPS) is 11.0. The maximum Gasteiger partial charge on any atom is 0.231 e. The quantitative estimate of drug-likeness (QED) is 0.132. The summed E-state index contributed by atoms with van der Waals surface area (Å²) in [6.45, 7) is 5.69. The molecule has 6 N–H and O–H groups in total. The zero-order valence-electron chi connectivity index (χ0n) is 28.1. The molecule has 8 rings (SSSR count). The van der Waals surface area contributed by atoms with Crippen molar-refractivity contribution in [2.24, 2.45) is 0 Å². The van der Waals surface area contributed by atoms with Gasteiger partial charge in [-0.2, -0.15) is 24.3 Å². The zero-order chi connectivity index (χ0) is 36.5. The van der Waals surface area contributed by atoms with Crippen LogP contribution >= 0.6 is 11.6 Å². The summed E-state index contributed by atoms with van der Waals surface area (Å²) in [5, 5.41) is 6.06. The van der Waals surface area contributed by atoms with Gasteiger partial charge in [0.25, 0.3) is 0 Å². The molecule has 8 aromatic rings. The lowest BCUT2D eigenvalue weighted by Gasteiger charge is -2.12. The van der Waals surface area contributed by atoms with Crippen molar-refractivity contribution < 1.29 is 8.78 Å². The van der Waals surface area contributed by atoms with E-state index in [0.717, 1.165) is 39.1 Å². The van der Waals surface area contributed by atoms with E-state index in [9.17, 15) is 8.78 Å². The number of benzene rings is 4. The van der Waals surface area contributed by atoms with Gasteiger partial charge in [0.05, 0.1) is 27.1 Å². The third kappa shape index (κ3) is 6.87. The van der Waals surface area contributed by atoms with E-state index >= 15 is 0 Å². The van der Waals surface area contributed by atoms with Crippen LogP contribution in [-0.4, -0.2) is 39.0 Å². The Morgan fingerprint density at radius 3 is 1.87 bits per heavy atom. The van der Waals surface area contributed by atoms with E-state index in [0.29, 0.717) is 17.3 Å². The monoisotopic (exact) mass is 716 g/mol. The molecule has 12 nitrogen and oxygen atoms in total. The lowest BCUT2D eigenvalue weighted by molar-refractivity contribution is 0.608. The lowest BCUT2D eigenvalue weighted by Crippen LogP contribution is -2.10. The summed E-state index contributed by atoms with van der Waals surface area (Å²) in [7, 11) is 0. The van der Waals surface area contributed by atoms with Crippen LogP contribution in [0.15, 0.2) is 97.1 Å². The maximum absolute atomic E-state index is 14.7. The van der Waals surface area contributed by atoms with E-state index in [1.807, 2.05) is 91.2 Å². The number of fused-ring (bicyclic) bond motifs is 2. The van der Waals surface area contributed by atoms with Gasteiger partial charge in [-0.25, -0.2) is 14.4 Å². The van der Waals surface area contributed by atoms with Crippen molar-refractivity contribution in [1.82, 2.24) is 39.0 Å². The van der Waals surface area contributed by atoms with Crippen LogP contribution in [0.3, 0.4) is 0 Å². The van der Waals surface area contributed by atoms with Gasteiger partial charge in [0.2, 0.25) is 17.7 Å². The number of nitrogens with zero attached hydrogens (tertiary/aromatic N) is 8. The smallest absolute Gasteiger partial charge is 0.231 e. The number of rotatable bonds is 6. The van der Waals surface area contributed by atoms with E-state index in [4.69, 9.17) is 23.1 Å². The molecule has 0 fully saturated rings. The molecule has 15 heteroatoms. The van der Waals surface area contributed by atoms with Gasteiger partial charge in [0.15, 0.2) is 11.6 Å². The number of aryl methyl sites for hydroxylation is 3. The van der Waals surface area contributed by atoms with Crippen molar-refractivity contribution in [3.8, 4) is 11.6 Å². The van der Waals surface area contributed by atoms with Gasteiger partial charge >= 0.3 is 0 Å². The Labute approximate surface area is 301 Å². The van der Waals surface area contributed by atoms with Crippen LogP contribution in [0.2, 0.25) is 5.02 Å². The summed E-state index contributed by atoms with van der Waals surface area (Å²) in [5.41, 5.74) is 17.4. The number of imidazole rings is 2. The maximum atomic E-state index is 14.7. The van der Waals surface area contributed by atoms with Crippen molar-refractivity contribution in [2.75, 3.05) is 22.1 Å². The molecule has 0 aliphatic rings. The summed E-state index contributed by atoms with van der Waals surface area (Å²) in [4.78, 5) is 26.0. The first-order chi connectivity index (χ1) is 25.0. The average molecular weight is 717 g/mol. The molecular weight excluding hydrogens is 686 g/mol. The number of hydrogen-bond acceptors (Lipinski definition) is 10. The predicted molar refractivity (Wildman–Crippen MR) is 201 cm³/mol. The predicted octanol–water partition coefficient (Wildman–Crippen LogP) is 8.14. The molecule has 0 amide bonds. The summed E-state index contributed by atoms with van der Waals surface area (Å²) in [6, 6.07) is 29.0. The third-order valence-electron chi connectivity index (χ3n) is 7.97. The molecule has 4 aromatic carbocycles. The molecule has 0 spiro atoms. The second-order valence-corrected chi connectivity index (χ2v) is 12.2. The van der Waals surface area contributed by atoms with Crippen molar-refractivity contribution in [3.05, 3.63) is 131 Å². The minimum Gasteiger partial charge on any atom is -0.383 e. The van der Waals surface area contributed by atoms with E-state index in [1.165, 1.54) is 12.1 Å². The molecule has 260 valence electrons. The van der Waals surface area contributed by atoms with Crippen LogP contribution in [0.5, 0.6) is 0 Å². The van der Waals surface area contributed by atoms with Gasteiger partial charge in [-0.15, -0.1) is 0 Å². The van der Waals surface area contributed by atoms with Gasteiger partial charge in [-0.3, -0.25) is 9.13 Å². The Hall–Kier alpha value is -6.67. The topological polar surface area (TPSA) is 163 Å². The fraction of sp³-hybridized carbons (Fsp3) is 0.0811. The fourth-order valence-corrected chi connectivity index (χ4v) is 5.72. The van der Waals surface area contributed by atoms with Crippen LogP contribution in [0.4, 0.5) is 43.7 Å². The second-order valence-electron chi connectivity index (χ2n) is 11.8. The second kappa shape index (κ2) is 13.9. The Kier molecular flexibility index (Phi) is 9.05. The molecule has 0 saturated carbocycles. The Balaban J connectivity index is 0.000000162. The molecule has 0 saturated heterocycles. The highest BCUT2D eigenvalue weighted by Gasteiger charge is 2.19. The zero-order valence-corrected chi connectivity index (χ0v) is 28.9. The number of halogens is 3. The molecule has 0 unspecified atom stereocenters. The summed E-state index contributed by atoms with van der Waals surface area (Å²) in [5.74, 6) is 1.35. The first kappa shape index (κ1) is 33.8. The molecule has 52 heavy (non-hydrogen) atoms. The van der Waals surface area contributed by atoms with Crippen LogP contribution in [0, 0.1) is 32.4 Å². The number of nitrogens with one attached hydrogen (secondary N) is 2. The first-order valence-electron chi connectivity index (χ1n) is 16.0. The number of nitrogen functional groups attached to an aromatic ring is 2. The summed E-state index contributed by atoms with van der Waals surface area (Å²) < 4.78 is 31.9. The van der Waals surface area contributed by atoms with Gasteiger partial charge in [-0.05, 0) is 75.4 Å². The molecule has 0 aliphatic heterocycles. The Bertz CT molecular complexity index is 2580. The molecule has 4 heterocycles. The SMILES string of the molecule is Cc1ccc(Nc2nc(N)c(F)c(-n3c(C)nc4ccccc43)n2)cc1.Cc1nc2ccccc2n1-c1cc(N)nc(Nc2ccc(Cl)c(F)c2)n1. The van der Waals surface area contributed by atoms with E-state index < -0.39 is 11.6 Å². The van der Waals surface area contributed by atoms with Crippen molar-refractivity contribution in [1.29, 1.82) is 0 Å². The van der Waals surface area contributed by atoms with Crippen molar-refractivity contribution >= 4 is 68.6 Å². The van der Waals surface area contributed by atoms with Crippen molar-refractivity contribution in [3.63, 3.8) is 0 Å². The molecule has 4 aromatic heterocycles. The van der Waals surface area contributed by atoms with Gasteiger partial charge in [-0.1, -0.05) is 53.6 Å². The number of aromatic nitrogens is 8. The fourth-order valence-electron chi connectivity index (χ4n) is 5.60. The van der Waals surface area contributed by atoms with Crippen molar-refractivity contribution in [2.45, 2.75) is 20.8 Å². The standard InChI is InChI=1S/C19H17FN6.C18H14ClFN6/c1-11-7-9-13(10-8-11)23-19-24-17(21)16(20)18(25-19)26-12(2)22-14-5-3-4-6-15(14)26;1-10-22-14-4-2-3-5-15(14)26(10)17-9-16(21)24-18(25-17)23-11-6-7-12(19)13(20)8-11/h3-10H,1-2H3,(H3,21,23,24,25);2-9H,1H3,(H3,21,23,24,25). The molecule has 0 bridgehead atoms. The van der Waals surface area contributed by atoms with Gasteiger partial charge < -0.3 is 22.1 Å². The molecule has 0 aliphatic carbocycles. The number of nitrogens with two attached hydrogens (primary N) is 2. The summed E-state index contributed by atoms with van der Waals surface area (Å²) in [6.07, 6.45) is 0. The molecule has 0 radical (unpaired) electrons. The lowest BCUT2D eigenvalue weighted by atomic mass is 10.2. The van der Waals surface area contributed by atoms with Crippen LogP contribution in [-0.2, 0) is 0 Å². The number of para-hydroxylation sites is 4. The van der Waals surface area contributed by atoms with E-state index in [1.54, 1.807) is 23.6 Å². The number of anilines is 6. The van der Waals surface area contributed by atoms with E-state index in [-0.39, 0.29) is 34.4 Å². The third-order valence-corrected chi connectivity index (χ3v) is 8.28. The van der Waals surface area contributed by atoms with Crippen LogP contribution < -0.4 is 22.1 Å². The molecule has 0 atom stereocenters. The highest BCUT2D eigenvalue weighted by Crippen LogP contribution is 2.27. The van der Waals surface area contributed by atoms with E-state index in [2.05, 4.69) is 40.5 Å². The Morgan fingerprint density at radius 2 is 1.19 bits per heavy atom. The first-order valence-corrected chi connectivity index (χ1v) is 16.3. The minimum atomic E-state index is -0.675. The minimum absolute atomic E-state index is 0.0465. The van der Waals surface area contributed by atoms with Gasteiger partial charge in [0.1, 0.15) is 29.1 Å². The van der Waals surface area contributed by atoms with Crippen LogP contribution in [0.1, 0.15) is 17.2 Å². The highest BCUT2D eigenvalue weighted by molar-refractivity contribution is 6.30.